The van der Waals surface area contributed by atoms with Crippen molar-refractivity contribution in [2.75, 3.05) is 0 Å². The fourth-order valence-corrected chi connectivity index (χ4v) is 3.94. The first-order valence-electron chi connectivity index (χ1n) is 9.03. The van der Waals surface area contributed by atoms with Crippen molar-refractivity contribution in [1.29, 1.82) is 0 Å². The van der Waals surface area contributed by atoms with Crippen LogP contribution in [-0.2, 0) is 6.18 Å². The Labute approximate surface area is 159 Å². The van der Waals surface area contributed by atoms with E-state index in [-0.39, 0.29) is 0 Å². The van der Waals surface area contributed by atoms with Gasteiger partial charge in [-0.1, -0.05) is 72.8 Å². The molecule has 136 valence electrons. The Hall–Kier alpha value is -3.33. The number of rotatable bonds is 1. The van der Waals surface area contributed by atoms with Crippen LogP contribution in [0.15, 0.2) is 91.0 Å². The van der Waals surface area contributed by atoms with Gasteiger partial charge in [0.25, 0.3) is 0 Å². The molecule has 0 fully saturated rings. The van der Waals surface area contributed by atoms with Crippen molar-refractivity contribution in [2.45, 2.75) is 6.18 Å². The van der Waals surface area contributed by atoms with E-state index < -0.39 is 11.7 Å². The fraction of sp³-hybridized carbons (Fsp3) is 0.0400. The van der Waals surface area contributed by atoms with E-state index in [4.69, 9.17) is 0 Å². The van der Waals surface area contributed by atoms with Crippen molar-refractivity contribution in [3.8, 4) is 11.1 Å². The fourth-order valence-electron chi connectivity index (χ4n) is 3.94. The third-order valence-corrected chi connectivity index (χ3v) is 5.27. The molecule has 0 aromatic heterocycles. The maximum atomic E-state index is 13.3. The molecule has 0 unspecified atom stereocenters. The zero-order chi connectivity index (χ0) is 19.3. The standard InChI is InChI=1S/C25H15F3/c26-25(27,28)18-11-13-22-21-12-10-17(16-6-2-1-3-7-16)14-23(21)19-8-4-5-9-20(19)24(22)15-18/h1-15H. The van der Waals surface area contributed by atoms with Gasteiger partial charge in [-0.25, -0.2) is 0 Å². The molecule has 0 heterocycles. The third kappa shape index (κ3) is 2.63. The second kappa shape index (κ2) is 6.10. The molecule has 0 nitrogen and oxygen atoms in total. The van der Waals surface area contributed by atoms with E-state index in [0.29, 0.717) is 5.39 Å². The molecule has 5 aromatic rings. The summed E-state index contributed by atoms with van der Waals surface area (Å²) < 4.78 is 39.8. The van der Waals surface area contributed by atoms with Gasteiger partial charge in [0.2, 0.25) is 0 Å². The Morgan fingerprint density at radius 2 is 0.964 bits per heavy atom. The monoisotopic (exact) mass is 372 g/mol. The third-order valence-electron chi connectivity index (χ3n) is 5.27. The van der Waals surface area contributed by atoms with Crippen LogP contribution < -0.4 is 0 Å². The summed E-state index contributed by atoms with van der Waals surface area (Å²) in [7, 11) is 0. The second-order valence-electron chi connectivity index (χ2n) is 6.93. The lowest BCUT2D eigenvalue weighted by Crippen LogP contribution is -2.04. The van der Waals surface area contributed by atoms with Crippen molar-refractivity contribution < 1.29 is 13.2 Å². The summed E-state index contributed by atoms with van der Waals surface area (Å²) in [6.07, 6.45) is -4.36. The maximum Gasteiger partial charge on any atom is 0.416 e. The zero-order valence-corrected chi connectivity index (χ0v) is 14.8. The molecule has 0 saturated carbocycles. The number of alkyl halides is 3. The van der Waals surface area contributed by atoms with Crippen LogP contribution in [0.4, 0.5) is 13.2 Å². The lowest BCUT2D eigenvalue weighted by Gasteiger charge is -2.14. The predicted molar refractivity (Wildman–Crippen MR) is 109 cm³/mol. The molecule has 0 saturated heterocycles. The zero-order valence-electron chi connectivity index (χ0n) is 14.8. The molecular weight excluding hydrogens is 357 g/mol. The van der Waals surface area contributed by atoms with Gasteiger partial charge in [-0.2, -0.15) is 13.2 Å². The van der Waals surface area contributed by atoms with Crippen LogP contribution in [0.25, 0.3) is 43.4 Å². The van der Waals surface area contributed by atoms with Crippen LogP contribution in [0.2, 0.25) is 0 Å². The van der Waals surface area contributed by atoms with Crippen LogP contribution in [0, 0.1) is 0 Å². The van der Waals surface area contributed by atoms with Crippen LogP contribution in [0.3, 0.4) is 0 Å². The summed E-state index contributed by atoms with van der Waals surface area (Å²) in [5.41, 5.74) is 1.58. The summed E-state index contributed by atoms with van der Waals surface area (Å²) in [5, 5.41) is 5.27. The molecule has 0 aliphatic rings. The largest absolute Gasteiger partial charge is 0.416 e. The Balaban J connectivity index is 1.90. The van der Waals surface area contributed by atoms with Crippen molar-refractivity contribution in [3.63, 3.8) is 0 Å². The van der Waals surface area contributed by atoms with Crippen molar-refractivity contribution >= 4 is 32.3 Å². The molecule has 5 rings (SSSR count). The van der Waals surface area contributed by atoms with Crippen LogP contribution in [0.1, 0.15) is 5.56 Å². The van der Waals surface area contributed by atoms with Gasteiger partial charge < -0.3 is 0 Å². The van der Waals surface area contributed by atoms with E-state index in [9.17, 15) is 13.2 Å². The molecule has 5 aromatic carbocycles. The first-order valence-corrected chi connectivity index (χ1v) is 9.03. The lowest BCUT2D eigenvalue weighted by atomic mass is 9.91. The van der Waals surface area contributed by atoms with E-state index in [0.717, 1.165) is 38.1 Å². The van der Waals surface area contributed by atoms with Crippen molar-refractivity contribution in [2.24, 2.45) is 0 Å². The quantitative estimate of drug-likeness (QED) is 0.263. The molecule has 0 N–H and O–H groups in total. The van der Waals surface area contributed by atoms with Crippen LogP contribution in [-0.4, -0.2) is 0 Å². The van der Waals surface area contributed by atoms with Gasteiger partial charge >= 0.3 is 6.18 Å². The van der Waals surface area contributed by atoms with Gasteiger partial charge in [0.1, 0.15) is 0 Å². The van der Waals surface area contributed by atoms with Crippen molar-refractivity contribution in [3.05, 3.63) is 96.6 Å². The molecule has 28 heavy (non-hydrogen) atoms. The Kier molecular flexibility index (Phi) is 3.66. The minimum atomic E-state index is -4.36. The summed E-state index contributed by atoms with van der Waals surface area (Å²) in [6, 6.07) is 28.0. The highest BCUT2D eigenvalue weighted by atomic mass is 19.4. The number of hydrogen-bond donors (Lipinski definition) is 0. The maximum absolute atomic E-state index is 13.3. The molecule has 0 spiro atoms. The van der Waals surface area contributed by atoms with Gasteiger partial charge in [0.15, 0.2) is 0 Å². The van der Waals surface area contributed by atoms with E-state index in [2.05, 4.69) is 18.2 Å². The predicted octanol–water partition coefficient (Wildman–Crippen LogP) is 7.83. The molecule has 3 heteroatoms. The highest BCUT2D eigenvalue weighted by Crippen LogP contribution is 2.39. The highest BCUT2D eigenvalue weighted by molar-refractivity contribution is 6.25. The van der Waals surface area contributed by atoms with E-state index in [1.54, 1.807) is 6.07 Å². The molecule has 0 aliphatic heterocycles. The first-order chi connectivity index (χ1) is 13.5. The Morgan fingerprint density at radius 3 is 1.61 bits per heavy atom. The molecule has 0 amide bonds. The molecule has 0 radical (unpaired) electrons. The average molecular weight is 372 g/mol. The SMILES string of the molecule is FC(F)(F)c1ccc2c3ccc(-c4ccccc4)cc3c3ccccc3c2c1. The van der Waals surface area contributed by atoms with Gasteiger partial charge in [-0.05, 0) is 61.6 Å². The second-order valence-corrected chi connectivity index (χ2v) is 6.93. The minimum Gasteiger partial charge on any atom is -0.166 e. The smallest absolute Gasteiger partial charge is 0.166 e. The molecule has 0 atom stereocenters. The average Bonchev–Trinajstić information content (AvgIpc) is 2.73. The van der Waals surface area contributed by atoms with E-state index in [1.807, 2.05) is 54.6 Å². The van der Waals surface area contributed by atoms with E-state index >= 15 is 0 Å². The van der Waals surface area contributed by atoms with Gasteiger partial charge in [-0.3, -0.25) is 0 Å². The highest BCUT2D eigenvalue weighted by Gasteiger charge is 2.30. The Bertz CT molecular complexity index is 1310. The summed E-state index contributed by atoms with van der Waals surface area (Å²) >= 11 is 0. The minimum absolute atomic E-state index is 0.620. The topological polar surface area (TPSA) is 0 Å². The molecule has 0 aliphatic carbocycles. The van der Waals surface area contributed by atoms with Crippen molar-refractivity contribution in [1.82, 2.24) is 0 Å². The van der Waals surface area contributed by atoms with E-state index in [1.165, 1.54) is 12.1 Å². The van der Waals surface area contributed by atoms with Gasteiger partial charge in [0.05, 0.1) is 5.56 Å². The number of benzene rings is 5. The molecule has 0 bridgehead atoms. The molecular formula is C25H15F3. The summed E-state index contributed by atoms with van der Waals surface area (Å²) in [4.78, 5) is 0. The number of fused-ring (bicyclic) bond motifs is 6. The van der Waals surface area contributed by atoms with Gasteiger partial charge in [-0.15, -0.1) is 0 Å². The number of hydrogen-bond acceptors (Lipinski definition) is 0. The first kappa shape index (κ1) is 16.8. The van der Waals surface area contributed by atoms with Gasteiger partial charge in [0, 0.05) is 0 Å². The summed E-state index contributed by atoms with van der Waals surface area (Å²) in [5.74, 6) is 0. The lowest BCUT2D eigenvalue weighted by molar-refractivity contribution is -0.137. The normalized spacial score (nSPS) is 12.1. The Morgan fingerprint density at radius 1 is 0.429 bits per heavy atom. The van der Waals surface area contributed by atoms with Crippen LogP contribution in [0.5, 0.6) is 0 Å². The number of halogens is 3. The van der Waals surface area contributed by atoms with Crippen LogP contribution >= 0.6 is 0 Å². The summed E-state index contributed by atoms with van der Waals surface area (Å²) in [6.45, 7) is 0.